The van der Waals surface area contributed by atoms with Gasteiger partial charge in [-0.05, 0) is 6.08 Å². The van der Waals surface area contributed by atoms with Gasteiger partial charge in [0.15, 0.2) is 6.10 Å². The molecule has 0 aromatic carbocycles. The highest BCUT2D eigenvalue weighted by Crippen LogP contribution is 2.31. The molecule has 0 radical (unpaired) electrons. The van der Waals surface area contributed by atoms with Crippen molar-refractivity contribution in [2.75, 3.05) is 5.88 Å². The van der Waals surface area contributed by atoms with E-state index in [0.717, 1.165) is 0 Å². The molecular formula is C9H9ClO4. The van der Waals surface area contributed by atoms with Gasteiger partial charge in [-0.1, -0.05) is 6.08 Å². The Hall–Kier alpha value is -1.03. The minimum Gasteiger partial charge on any atom is -0.458 e. The molecule has 2 aliphatic rings. The average molecular weight is 217 g/mol. The van der Waals surface area contributed by atoms with E-state index in [1.807, 2.05) is 0 Å². The normalized spacial score (nSPS) is 34.1. The number of esters is 2. The minimum atomic E-state index is -0.497. The van der Waals surface area contributed by atoms with Crippen molar-refractivity contribution in [3.63, 3.8) is 0 Å². The summed E-state index contributed by atoms with van der Waals surface area (Å²) in [4.78, 5) is 22.0. The minimum absolute atomic E-state index is 0.161. The lowest BCUT2D eigenvalue weighted by Crippen LogP contribution is -2.31. The SMILES string of the molecule is O=C(CCl)O[C@@H]1C=C[C@@H]2C[C@H]1OC2=O. The van der Waals surface area contributed by atoms with Crippen molar-refractivity contribution in [3.8, 4) is 0 Å². The summed E-state index contributed by atoms with van der Waals surface area (Å²) in [5, 5.41) is 0. The zero-order valence-electron chi connectivity index (χ0n) is 7.31. The lowest BCUT2D eigenvalue weighted by molar-refractivity contribution is -0.155. The Labute approximate surface area is 85.8 Å². The molecule has 1 heterocycles. The molecular weight excluding hydrogens is 208 g/mol. The summed E-state index contributed by atoms with van der Waals surface area (Å²) in [5.41, 5.74) is 0. The molecule has 3 atom stereocenters. The molecule has 4 nitrogen and oxygen atoms in total. The molecule has 2 bridgehead atoms. The van der Waals surface area contributed by atoms with Crippen molar-refractivity contribution in [2.24, 2.45) is 5.92 Å². The number of carbonyl (C=O) groups is 2. The van der Waals surface area contributed by atoms with Crippen LogP contribution in [0.2, 0.25) is 0 Å². The Bertz CT molecular complexity index is 299. The maximum atomic E-state index is 11.1. The third-order valence-electron chi connectivity index (χ3n) is 2.33. The number of hydrogen-bond acceptors (Lipinski definition) is 4. The van der Waals surface area contributed by atoms with Crippen LogP contribution in [0.1, 0.15) is 6.42 Å². The Morgan fingerprint density at radius 2 is 2.43 bits per heavy atom. The van der Waals surface area contributed by atoms with Crippen LogP contribution in [0.5, 0.6) is 0 Å². The molecule has 1 saturated heterocycles. The van der Waals surface area contributed by atoms with Crippen LogP contribution in [0.25, 0.3) is 0 Å². The van der Waals surface area contributed by atoms with Crippen molar-refractivity contribution >= 4 is 23.5 Å². The third-order valence-corrected chi connectivity index (χ3v) is 2.55. The zero-order valence-corrected chi connectivity index (χ0v) is 8.07. The summed E-state index contributed by atoms with van der Waals surface area (Å²) in [7, 11) is 0. The zero-order chi connectivity index (χ0) is 10.1. The van der Waals surface area contributed by atoms with Gasteiger partial charge in [-0.15, -0.1) is 11.6 Å². The van der Waals surface area contributed by atoms with E-state index >= 15 is 0 Å². The topological polar surface area (TPSA) is 52.6 Å². The van der Waals surface area contributed by atoms with Crippen molar-refractivity contribution in [1.29, 1.82) is 0 Å². The van der Waals surface area contributed by atoms with Crippen molar-refractivity contribution < 1.29 is 19.1 Å². The van der Waals surface area contributed by atoms with Gasteiger partial charge in [0.1, 0.15) is 12.0 Å². The maximum absolute atomic E-state index is 11.1. The second-order valence-electron chi connectivity index (χ2n) is 3.29. The van der Waals surface area contributed by atoms with Gasteiger partial charge in [0.05, 0.1) is 5.92 Å². The third kappa shape index (κ3) is 1.62. The largest absolute Gasteiger partial charge is 0.458 e. The van der Waals surface area contributed by atoms with E-state index in [1.54, 1.807) is 12.2 Å². The molecule has 5 heteroatoms. The van der Waals surface area contributed by atoms with Gasteiger partial charge in [0, 0.05) is 6.42 Å². The average Bonchev–Trinajstić information content (AvgIpc) is 2.48. The van der Waals surface area contributed by atoms with Crippen molar-refractivity contribution in [2.45, 2.75) is 18.6 Å². The first kappa shape index (κ1) is 9.52. The van der Waals surface area contributed by atoms with Gasteiger partial charge < -0.3 is 9.47 Å². The molecule has 0 aromatic heterocycles. The predicted molar refractivity (Wildman–Crippen MR) is 47.7 cm³/mol. The van der Waals surface area contributed by atoms with Crippen LogP contribution in [-0.4, -0.2) is 30.0 Å². The summed E-state index contributed by atoms with van der Waals surface area (Å²) < 4.78 is 10.0. The highest BCUT2D eigenvalue weighted by molar-refractivity contribution is 6.26. The standard InChI is InChI=1S/C9H9ClO4/c10-4-8(11)13-6-2-1-5-3-7(6)14-9(5)12/h1-2,5-7H,3-4H2/t5-,6-,7-/m1/s1. The summed E-state index contributed by atoms with van der Waals surface area (Å²) in [6.07, 6.45) is 3.20. The van der Waals surface area contributed by atoms with Gasteiger partial charge in [-0.25, -0.2) is 0 Å². The van der Waals surface area contributed by atoms with Crippen LogP contribution < -0.4 is 0 Å². The molecule has 0 unspecified atom stereocenters. The quantitative estimate of drug-likeness (QED) is 0.386. The molecule has 0 spiro atoms. The number of alkyl halides is 1. The van der Waals surface area contributed by atoms with Gasteiger partial charge in [0.2, 0.25) is 0 Å². The Kier molecular flexibility index (Phi) is 2.46. The van der Waals surface area contributed by atoms with E-state index in [4.69, 9.17) is 21.1 Å². The van der Waals surface area contributed by atoms with Crippen LogP contribution in [0, 0.1) is 5.92 Å². The summed E-state index contributed by atoms with van der Waals surface area (Å²) >= 11 is 5.29. The summed E-state index contributed by atoms with van der Waals surface area (Å²) in [6.45, 7) is 0. The number of carbonyl (C=O) groups excluding carboxylic acids is 2. The van der Waals surface area contributed by atoms with Crippen molar-refractivity contribution in [1.82, 2.24) is 0 Å². The first-order valence-corrected chi connectivity index (χ1v) is 4.88. The van der Waals surface area contributed by atoms with Gasteiger partial charge in [-0.3, -0.25) is 9.59 Å². The second kappa shape index (κ2) is 3.61. The highest BCUT2D eigenvalue weighted by Gasteiger charge is 2.41. The lowest BCUT2D eigenvalue weighted by Gasteiger charge is -2.20. The fourth-order valence-corrected chi connectivity index (χ4v) is 1.72. The van der Waals surface area contributed by atoms with E-state index in [0.29, 0.717) is 6.42 Å². The first-order chi connectivity index (χ1) is 6.70. The van der Waals surface area contributed by atoms with Crippen molar-refractivity contribution in [3.05, 3.63) is 12.2 Å². The molecule has 0 amide bonds. The molecule has 14 heavy (non-hydrogen) atoms. The molecule has 0 saturated carbocycles. The van der Waals surface area contributed by atoms with Gasteiger partial charge in [0.25, 0.3) is 0 Å². The van der Waals surface area contributed by atoms with E-state index in [1.165, 1.54) is 0 Å². The van der Waals surface area contributed by atoms with Gasteiger partial charge >= 0.3 is 11.9 Å². The molecule has 1 aliphatic heterocycles. The molecule has 0 N–H and O–H groups in total. The number of hydrogen-bond donors (Lipinski definition) is 0. The smallest absolute Gasteiger partial charge is 0.321 e. The Morgan fingerprint density at radius 3 is 3.14 bits per heavy atom. The van der Waals surface area contributed by atoms with Crippen LogP contribution >= 0.6 is 11.6 Å². The molecule has 76 valence electrons. The predicted octanol–water partition coefficient (Wildman–Crippen LogP) is 0.638. The highest BCUT2D eigenvalue weighted by atomic mass is 35.5. The molecule has 1 aliphatic carbocycles. The van der Waals surface area contributed by atoms with E-state index in [2.05, 4.69) is 0 Å². The number of halogens is 1. The van der Waals surface area contributed by atoms with Crippen LogP contribution in [-0.2, 0) is 19.1 Å². The summed E-state index contributed by atoms with van der Waals surface area (Å²) in [5.74, 6) is -1.08. The number of fused-ring (bicyclic) bond motifs is 2. The monoisotopic (exact) mass is 216 g/mol. The Morgan fingerprint density at radius 1 is 1.64 bits per heavy atom. The fourth-order valence-electron chi connectivity index (χ4n) is 1.66. The van der Waals surface area contributed by atoms with Crippen LogP contribution in [0.3, 0.4) is 0 Å². The van der Waals surface area contributed by atoms with E-state index < -0.39 is 12.1 Å². The van der Waals surface area contributed by atoms with E-state index in [9.17, 15) is 9.59 Å². The molecule has 2 rings (SSSR count). The second-order valence-corrected chi connectivity index (χ2v) is 3.56. The van der Waals surface area contributed by atoms with Crippen LogP contribution in [0.4, 0.5) is 0 Å². The fraction of sp³-hybridized carbons (Fsp3) is 0.556. The number of rotatable bonds is 2. The molecule has 1 fully saturated rings. The Balaban J connectivity index is 2.02. The number of ether oxygens (including phenoxy) is 2. The maximum Gasteiger partial charge on any atom is 0.321 e. The van der Waals surface area contributed by atoms with E-state index in [-0.39, 0.29) is 23.9 Å². The van der Waals surface area contributed by atoms with Crippen LogP contribution in [0.15, 0.2) is 12.2 Å². The first-order valence-electron chi connectivity index (χ1n) is 4.35. The molecule has 0 aromatic rings. The lowest BCUT2D eigenvalue weighted by atomic mass is 9.95. The van der Waals surface area contributed by atoms with Gasteiger partial charge in [-0.2, -0.15) is 0 Å². The summed E-state index contributed by atoms with van der Waals surface area (Å²) in [6, 6.07) is 0.